The van der Waals surface area contributed by atoms with Gasteiger partial charge in [-0.15, -0.1) is 19.7 Å². The van der Waals surface area contributed by atoms with Gasteiger partial charge in [-0.3, -0.25) is 4.98 Å². The van der Waals surface area contributed by atoms with Crippen molar-refractivity contribution in [2.75, 3.05) is 0 Å². The van der Waals surface area contributed by atoms with Crippen LogP contribution in [0.15, 0.2) is 62.2 Å². The van der Waals surface area contributed by atoms with E-state index in [0.717, 1.165) is 11.5 Å². The minimum atomic E-state index is 0.648. The van der Waals surface area contributed by atoms with E-state index < -0.39 is 0 Å². The average molecular weight is 247 g/mol. The average Bonchev–Trinajstić information content (AvgIpc) is 2.42. The van der Waals surface area contributed by atoms with E-state index in [2.05, 4.69) is 38.6 Å². The lowest BCUT2D eigenvalue weighted by molar-refractivity contribution is 0.426. The van der Waals surface area contributed by atoms with Crippen molar-refractivity contribution in [3.05, 3.63) is 62.2 Å². The predicted molar refractivity (Wildman–Crippen MR) is 80.6 cm³/mol. The van der Waals surface area contributed by atoms with E-state index in [1.807, 2.05) is 38.1 Å². The normalized spacial score (nSPS) is 9.50. The molecule has 0 atom stereocenters. The first-order chi connectivity index (χ1) is 8.60. The van der Waals surface area contributed by atoms with Gasteiger partial charge in [0.05, 0.1) is 5.76 Å². The molecule has 0 saturated heterocycles. The number of pyridine rings is 1. The van der Waals surface area contributed by atoms with Gasteiger partial charge in [-0.1, -0.05) is 19.9 Å². The summed E-state index contributed by atoms with van der Waals surface area (Å²) in [7, 11) is 0. The summed E-state index contributed by atoms with van der Waals surface area (Å²) in [5, 5.41) is 0. The lowest BCUT2D eigenvalue weighted by atomic mass is 10.2. The van der Waals surface area contributed by atoms with Gasteiger partial charge in [-0.25, -0.2) is 0 Å². The second kappa shape index (κ2) is 13.2. The van der Waals surface area contributed by atoms with Gasteiger partial charge in [0.15, 0.2) is 0 Å². The molecule has 2 nitrogen and oxygen atoms in total. The maximum Gasteiger partial charge on any atom is 0.129 e. The van der Waals surface area contributed by atoms with Crippen LogP contribution in [-0.2, 0) is 0 Å². The van der Waals surface area contributed by atoms with E-state index >= 15 is 0 Å². The minimum Gasteiger partial charge on any atom is -0.462 e. The molecule has 1 aromatic heterocycles. The van der Waals surface area contributed by atoms with Gasteiger partial charge in [0.25, 0.3) is 0 Å². The van der Waals surface area contributed by atoms with Gasteiger partial charge in [0.1, 0.15) is 5.75 Å². The third kappa shape index (κ3) is 12.2. The van der Waals surface area contributed by atoms with Crippen LogP contribution < -0.4 is 4.74 Å². The monoisotopic (exact) mass is 247 g/mol. The summed E-state index contributed by atoms with van der Waals surface area (Å²) in [6.45, 7) is 17.6. The van der Waals surface area contributed by atoms with Gasteiger partial charge in [-0.2, -0.15) is 0 Å². The number of rotatable bonds is 3. The summed E-state index contributed by atoms with van der Waals surface area (Å²) < 4.78 is 5.38. The molecular weight excluding hydrogens is 222 g/mol. The molecule has 1 rings (SSSR count). The number of nitrogens with zero attached hydrogens (tertiary/aromatic N) is 1. The Balaban J connectivity index is 0. The largest absolute Gasteiger partial charge is 0.462 e. The smallest absolute Gasteiger partial charge is 0.129 e. The summed E-state index contributed by atoms with van der Waals surface area (Å²) in [5.74, 6) is 2.38. The fourth-order valence-corrected chi connectivity index (χ4v) is 0.651. The van der Waals surface area contributed by atoms with Crippen molar-refractivity contribution in [2.45, 2.75) is 27.7 Å². The summed E-state index contributed by atoms with van der Waals surface area (Å²) in [5.41, 5.74) is 0. The highest BCUT2D eigenvalue weighted by molar-refractivity contribution is 5.19. The van der Waals surface area contributed by atoms with Crippen molar-refractivity contribution in [3.63, 3.8) is 0 Å². The number of ether oxygens (including phenoxy) is 1. The zero-order chi connectivity index (χ0) is 14.4. The Morgan fingerprint density at radius 1 is 1.28 bits per heavy atom. The molecule has 0 bridgehead atoms. The highest BCUT2D eigenvalue weighted by atomic mass is 16.5. The maximum atomic E-state index is 5.38. The van der Waals surface area contributed by atoms with Crippen LogP contribution in [-0.4, -0.2) is 4.98 Å². The topological polar surface area (TPSA) is 22.1 Å². The molecule has 18 heavy (non-hydrogen) atoms. The van der Waals surface area contributed by atoms with Crippen LogP contribution in [0.3, 0.4) is 0 Å². The molecule has 0 unspecified atom stereocenters. The van der Waals surface area contributed by atoms with E-state index in [9.17, 15) is 0 Å². The van der Waals surface area contributed by atoms with Crippen LogP contribution in [0, 0.1) is 5.92 Å². The quantitative estimate of drug-likeness (QED) is 0.553. The summed E-state index contributed by atoms with van der Waals surface area (Å²) >= 11 is 0. The van der Waals surface area contributed by atoms with Crippen molar-refractivity contribution in [1.29, 1.82) is 0 Å². The Labute approximate surface area is 112 Å². The molecular formula is C16H25NO. The standard InChI is InChI=1S/C9H11NO.C5H10.C2H4/c1-3-8(2)11-9-4-6-10-7-5-9;1-4-5(2)3;1-2/h3-7H,1-2H3;4-5H,1H2,2-3H3;1-2H2/b8-3+;;. The molecule has 0 aliphatic rings. The Kier molecular flexibility index (Phi) is 13.6. The van der Waals surface area contributed by atoms with Crippen molar-refractivity contribution in [3.8, 4) is 5.75 Å². The first-order valence-corrected chi connectivity index (χ1v) is 5.93. The van der Waals surface area contributed by atoms with Crippen LogP contribution in [0.4, 0.5) is 0 Å². The van der Waals surface area contributed by atoms with E-state index in [1.165, 1.54) is 0 Å². The highest BCUT2D eigenvalue weighted by Crippen LogP contribution is 2.10. The van der Waals surface area contributed by atoms with E-state index in [4.69, 9.17) is 4.74 Å². The Morgan fingerprint density at radius 3 is 2.06 bits per heavy atom. The first-order valence-electron chi connectivity index (χ1n) is 5.93. The third-order valence-electron chi connectivity index (χ3n) is 1.81. The number of aromatic nitrogens is 1. The second-order valence-corrected chi connectivity index (χ2v) is 3.66. The van der Waals surface area contributed by atoms with Gasteiger partial charge in [0.2, 0.25) is 0 Å². The highest BCUT2D eigenvalue weighted by Gasteiger charge is 1.90. The molecule has 0 radical (unpaired) electrons. The molecule has 0 aliphatic carbocycles. The van der Waals surface area contributed by atoms with Gasteiger partial charge in [0, 0.05) is 12.4 Å². The summed E-state index contributed by atoms with van der Waals surface area (Å²) in [6.07, 6.45) is 7.25. The fourth-order valence-electron chi connectivity index (χ4n) is 0.651. The molecule has 0 fully saturated rings. The molecule has 0 amide bonds. The van der Waals surface area contributed by atoms with Crippen molar-refractivity contribution in [1.82, 2.24) is 4.98 Å². The third-order valence-corrected chi connectivity index (χ3v) is 1.81. The Bertz CT molecular complexity index is 328. The Morgan fingerprint density at radius 2 is 1.72 bits per heavy atom. The fraction of sp³-hybridized carbons (Fsp3) is 0.312. The predicted octanol–water partition coefficient (Wildman–Crippen LogP) is 5.01. The lowest BCUT2D eigenvalue weighted by Gasteiger charge is -2.02. The van der Waals surface area contributed by atoms with Crippen molar-refractivity contribution >= 4 is 0 Å². The molecule has 0 aliphatic heterocycles. The lowest BCUT2D eigenvalue weighted by Crippen LogP contribution is -1.89. The zero-order valence-electron chi connectivity index (χ0n) is 12.0. The van der Waals surface area contributed by atoms with Crippen LogP contribution >= 0.6 is 0 Å². The van der Waals surface area contributed by atoms with Crippen molar-refractivity contribution in [2.24, 2.45) is 5.92 Å². The molecule has 0 saturated carbocycles. The zero-order valence-corrected chi connectivity index (χ0v) is 12.0. The molecule has 2 heteroatoms. The molecule has 1 aromatic rings. The minimum absolute atomic E-state index is 0.648. The first kappa shape index (κ1) is 18.5. The molecule has 1 heterocycles. The number of allylic oxidation sites excluding steroid dienone is 3. The number of hydrogen-bond donors (Lipinski definition) is 0. The molecule has 0 aromatic carbocycles. The van der Waals surface area contributed by atoms with Crippen LogP contribution in [0.5, 0.6) is 5.75 Å². The van der Waals surface area contributed by atoms with E-state index in [0.29, 0.717) is 5.92 Å². The van der Waals surface area contributed by atoms with Crippen molar-refractivity contribution < 1.29 is 4.74 Å². The number of hydrogen-bond acceptors (Lipinski definition) is 2. The molecule has 0 N–H and O–H groups in total. The second-order valence-electron chi connectivity index (χ2n) is 3.66. The maximum absolute atomic E-state index is 5.38. The van der Waals surface area contributed by atoms with Gasteiger partial charge < -0.3 is 4.74 Å². The van der Waals surface area contributed by atoms with Crippen LogP contribution in [0.25, 0.3) is 0 Å². The molecule has 100 valence electrons. The van der Waals surface area contributed by atoms with Gasteiger partial charge in [-0.05, 0) is 38.0 Å². The Hall–Kier alpha value is -1.83. The van der Waals surface area contributed by atoms with E-state index in [-0.39, 0.29) is 0 Å². The SMILES string of the molecule is C/C=C(\C)Oc1ccncc1.C=C.C=CC(C)C. The summed E-state index contributed by atoms with van der Waals surface area (Å²) in [4.78, 5) is 3.88. The van der Waals surface area contributed by atoms with Crippen LogP contribution in [0.1, 0.15) is 27.7 Å². The molecule has 0 spiro atoms. The van der Waals surface area contributed by atoms with E-state index in [1.54, 1.807) is 12.4 Å². The summed E-state index contributed by atoms with van der Waals surface area (Å²) in [6, 6.07) is 3.65. The van der Waals surface area contributed by atoms with Crippen LogP contribution in [0.2, 0.25) is 0 Å². The van der Waals surface area contributed by atoms with Gasteiger partial charge >= 0.3 is 0 Å².